The molecule has 1 saturated heterocycles. The van der Waals surface area contributed by atoms with Crippen LogP contribution in [0.2, 0.25) is 0 Å². The van der Waals surface area contributed by atoms with Gasteiger partial charge in [-0.15, -0.1) is 0 Å². The predicted octanol–water partition coefficient (Wildman–Crippen LogP) is 2.98. The Bertz CT molecular complexity index is 549. The first-order valence-corrected chi connectivity index (χ1v) is 9.03. The molecule has 1 aromatic carbocycles. The van der Waals surface area contributed by atoms with Crippen molar-refractivity contribution < 1.29 is 14.3 Å². The van der Waals surface area contributed by atoms with E-state index < -0.39 is 5.60 Å². The standard InChI is InChI=1S/C19H31N3O3/c1-19(2,3)25-18(23)22-13-11-21(12-14-22)10-6-7-15-24-17-9-5-4-8-16(17)20/h4-5,8-9H,6-7,10-15,20H2,1-3H3. The fourth-order valence-corrected chi connectivity index (χ4v) is 2.71. The van der Waals surface area contributed by atoms with Crippen LogP contribution in [0.3, 0.4) is 0 Å². The Morgan fingerprint density at radius 3 is 2.44 bits per heavy atom. The molecular formula is C19H31N3O3. The first-order valence-electron chi connectivity index (χ1n) is 9.03. The van der Waals surface area contributed by atoms with E-state index in [2.05, 4.69) is 4.90 Å². The third-order valence-corrected chi connectivity index (χ3v) is 4.07. The van der Waals surface area contributed by atoms with Gasteiger partial charge in [0.25, 0.3) is 0 Å². The van der Waals surface area contributed by atoms with E-state index in [4.69, 9.17) is 15.2 Å². The van der Waals surface area contributed by atoms with Gasteiger partial charge in [-0.1, -0.05) is 12.1 Å². The van der Waals surface area contributed by atoms with Gasteiger partial charge in [0, 0.05) is 26.2 Å². The average Bonchev–Trinajstić information content (AvgIpc) is 2.55. The molecule has 1 aromatic rings. The summed E-state index contributed by atoms with van der Waals surface area (Å²) in [5, 5.41) is 0. The zero-order valence-electron chi connectivity index (χ0n) is 15.7. The van der Waals surface area contributed by atoms with E-state index >= 15 is 0 Å². The molecule has 0 aliphatic carbocycles. The van der Waals surface area contributed by atoms with E-state index in [1.807, 2.05) is 45.0 Å². The maximum Gasteiger partial charge on any atom is 0.410 e. The van der Waals surface area contributed by atoms with Crippen molar-refractivity contribution in [2.45, 2.75) is 39.2 Å². The molecule has 1 heterocycles. The van der Waals surface area contributed by atoms with Crippen LogP contribution in [-0.4, -0.2) is 60.8 Å². The molecule has 1 fully saturated rings. The van der Waals surface area contributed by atoms with Crippen LogP contribution in [0, 0.1) is 0 Å². The molecule has 0 saturated carbocycles. The lowest BCUT2D eigenvalue weighted by molar-refractivity contribution is 0.0144. The minimum Gasteiger partial charge on any atom is -0.491 e. The number of nitrogens with two attached hydrogens (primary N) is 1. The number of nitrogen functional groups attached to an aromatic ring is 1. The lowest BCUT2D eigenvalue weighted by Crippen LogP contribution is -2.50. The number of benzene rings is 1. The minimum absolute atomic E-state index is 0.207. The fraction of sp³-hybridized carbons (Fsp3) is 0.632. The van der Waals surface area contributed by atoms with E-state index in [0.717, 1.165) is 51.3 Å². The van der Waals surface area contributed by atoms with Crippen molar-refractivity contribution in [2.24, 2.45) is 0 Å². The van der Waals surface area contributed by atoms with Gasteiger partial charge < -0.3 is 20.1 Å². The van der Waals surface area contributed by atoms with Crippen molar-refractivity contribution >= 4 is 11.8 Å². The highest BCUT2D eigenvalue weighted by molar-refractivity contribution is 5.68. The number of amides is 1. The lowest BCUT2D eigenvalue weighted by Gasteiger charge is -2.35. The van der Waals surface area contributed by atoms with Crippen LogP contribution in [0.25, 0.3) is 0 Å². The second-order valence-corrected chi connectivity index (χ2v) is 7.40. The van der Waals surface area contributed by atoms with E-state index in [-0.39, 0.29) is 6.09 Å². The van der Waals surface area contributed by atoms with Crippen LogP contribution < -0.4 is 10.5 Å². The van der Waals surface area contributed by atoms with Crippen molar-refractivity contribution in [1.82, 2.24) is 9.80 Å². The zero-order chi connectivity index (χ0) is 18.3. The summed E-state index contributed by atoms with van der Waals surface area (Å²) >= 11 is 0. The monoisotopic (exact) mass is 349 g/mol. The van der Waals surface area contributed by atoms with Crippen LogP contribution in [0.5, 0.6) is 5.75 Å². The second-order valence-electron chi connectivity index (χ2n) is 7.40. The highest BCUT2D eigenvalue weighted by Crippen LogP contribution is 2.20. The van der Waals surface area contributed by atoms with Crippen LogP contribution >= 0.6 is 0 Å². The average molecular weight is 349 g/mol. The zero-order valence-corrected chi connectivity index (χ0v) is 15.7. The number of unbranched alkanes of at least 4 members (excludes halogenated alkanes) is 1. The quantitative estimate of drug-likeness (QED) is 0.632. The number of nitrogens with zero attached hydrogens (tertiary/aromatic N) is 2. The summed E-state index contributed by atoms with van der Waals surface area (Å²) in [6.07, 6.45) is 1.85. The Kier molecular flexibility index (Phi) is 6.93. The number of hydrogen-bond donors (Lipinski definition) is 1. The summed E-state index contributed by atoms with van der Waals surface area (Å²) in [6, 6.07) is 7.57. The molecule has 0 spiro atoms. The number of anilines is 1. The van der Waals surface area contributed by atoms with E-state index in [0.29, 0.717) is 12.3 Å². The van der Waals surface area contributed by atoms with Crippen molar-refractivity contribution in [3.8, 4) is 5.75 Å². The van der Waals surface area contributed by atoms with Gasteiger partial charge in [-0.2, -0.15) is 0 Å². The molecule has 0 unspecified atom stereocenters. The number of carbonyl (C=O) groups is 1. The molecule has 6 nitrogen and oxygen atoms in total. The molecule has 25 heavy (non-hydrogen) atoms. The van der Waals surface area contributed by atoms with Crippen molar-refractivity contribution in [1.29, 1.82) is 0 Å². The summed E-state index contributed by atoms with van der Waals surface area (Å²) in [6.45, 7) is 10.6. The molecule has 1 amide bonds. The first-order chi connectivity index (χ1) is 11.8. The number of rotatable bonds is 6. The summed E-state index contributed by atoms with van der Waals surface area (Å²) in [5.74, 6) is 0.758. The van der Waals surface area contributed by atoms with Crippen LogP contribution in [0.4, 0.5) is 10.5 Å². The molecule has 1 aliphatic rings. The summed E-state index contributed by atoms with van der Waals surface area (Å²) in [5.41, 5.74) is 6.10. The van der Waals surface area contributed by atoms with Gasteiger partial charge in [-0.05, 0) is 52.3 Å². The Labute approximate surface area is 150 Å². The Hall–Kier alpha value is -1.95. The van der Waals surface area contributed by atoms with Gasteiger partial charge in [-0.25, -0.2) is 4.79 Å². The molecular weight excluding hydrogens is 318 g/mol. The number of piperazine rings is 1. The van der Waals surface area contributed by atoms with Gasteiger partial charge in [0.1, 0.15) is 11.4 Å². The van der Waals surface area contributed by atoms with Crippen molar-refractivity contribution in [2.75, 3.05) is 45.1 Å². The number of carbonyl (C=O) groups excluding carboxylic acids is 1. The smallest absolute Gasteiger partial charge is 0.410 e. The molecule has 2 N–H and O–H groups in total. The van der Waals surface area contributed by atoms with Gasteiger partial charge in [0.15, 0.2) is 0 Å². The van der Waals surface area contributed by atoms with Crippen molar-refractivity contribution in [3.05, 3.63) is 24.3 Å². The van der Waals surface area contributed by atoms with Gasteiger partial charge >= 0.3 is 6.09 Å². The molecule has 140 valence electrons. The van der Waals surface area contributed by atoms with Gasteiger partial charge in [0.05, 0.1) is 12.3 Å². The third kappa shape index (κ3) is 6.82. The largest absolute Gasteiger partial charge is 0.491 e. The Morgan fingerprint density at radius 1 is 1.12 bits per heavy atom. The topological polar surface area (TPSA) is 68.0 Å². The fourth-order valence-electron chi connectivity index (χ4n) is 2.71. The first kappa shape index (κ1) is 19.4. The normalized spacial score (nSPS) is 15.9. The van der Waals surface area contributed by atoms with Crippen LogP contribution in [-0.2, 0) is 4.74 Å². The van der Waals surface area contributed by atoms with Gasteiger partial charge in [0.2, 0.25) is 0 Å². The maximum atomic E-state index is 12.0. The van der Waals surface area contributed by atoms with E-state index in [1.54, 1.807) is 4.90 Å². The maximum absolute atomic E-state index is 12.0. The number of hydrogen-bond acceptors (Lipinski definition) is 5. The molecule has 0 radical (unpaired) electrons. The second kappa shape index (κ2) is 8.94. The number of para-hydroxylation sites is 2. The van der Waals surface area contributed by atoms with E-state index in [9.17, 15) is 4.79 Å². The minimum atomic E-state index is -0.434. The Balaban J connectivity index is 1.58. The molecule has 1 aliphatic heterocycles. The highest BCUT2D eigenvalue weighted by Gasteiger charge is 2.25. The molecule has 0 bridgehead atoms. The van der Waals surface area contributed by atoms with Gasteiger partial charge in [-0.3, -0.25) is 4.90 Å². The molecule has 6 heteroatoms. The Morgan fingerprint density at radius 2 is 1.80 bits per heavy atom. The van der Waals surface area contributed by atoms with E-state index in [1.165, 1.54) is 0 Å². The molecule has 0 aromatic heterocycles. The molecule has 0 atom stereocenters. The summed E-state index contributed by atoms with van der Waals surface area (Å²) < 4.78 is 11.1. The summed E-state index contributed by atoms with van der Waals surface area (Å²) in [4.78, 5) is 16.2. The van der Waals surface area contributed by atoms with Crippen LogP contribution in [0.15, 0.2) is 24.3 Å². The third-order valence-electron chi connectivity index (χ3n) is 4.07. The number of ether oxygens (including phenoxy) is 2. The highest BCUT2D eigenvalue weighted by atomic mass is 16.6. The SMILES string of the molecule is CC(C)(C)OC(=O)N1CCN(CCCCOc2ccccc2N)CC1. The predicted molar refractivity (Wildman–Crippen MR) is 99.8 cm³/mol. The molecule has 2 rings (SSSR count). The van der Waals surface area contributed by atoms with Crippen LogP contribution in [0.1, 0.15) is 33.6 Å². The van der Waals surface area contributed by atoms with Crippen molar-refractivity contribution in [3.63, 3.8) is 0 Å². The summed E-state index contributed by atoms with van der Waals surface area (Å²) in [7, 11) is 0. The lowest BCUT2D eigenvalue weighted by atomic mass is 10.2.